The van der Waals surface area contributed by atoms with E-state index < -0.39 is 0 Å². The standard InChI is InChI=1S/C7H16N2O/c1-2-8-7-9-3-5-10-6-4-9/h8H,2-7H2,1H3. The first kappa shape index (κ1) is 7.98. The average Bonchev–Trinajstić information content (AvgIpc) is 2.03. The second-order valence-corrected chi connectivity index (χ2v) is 2.49. The number of hydrogen-bond donors (Lipinski definition) is 1. The van der Waals surface area contributed by atoms with Gasteiger partial charge < -0.3 is 10.1 Å². The largest absolute Gasteiger partial charge is 0.379 e. The van der Waals surface area contributed by atoms with Crippen LogP contribution < -0.4 is 5.32 Å². The lowest BCUT2D eigenvalue weighted by atomic mass is 10.4. The molecule has 1 aliphatic rings. The van der Waals surface area contributed by atoms with E-state index in [0.29, 0.717) is 0 Å². The molecule has 1 heterocycles. The van der Waals surface area contributed by atoms with Crippen molar-refractivity contribution in [1.29, 1.82) is 0 Å². The molecule has 1 N–H and O–H groups in total. The van der Waals surface area contributed by atoms with Crippen molar-refractivity contribution in [3.05, 3.63) is 0 Å². The lowest BCUT2D eigenvalue weighted by Gasteiger charge is -2.26. The van der Waals surface area contributed by atoms with Crippen LogP contribution in [0.15, 0.2) is 0 Å². The molecule has 0 aliphatic carbocycles. The van der Waals surface area contributed by atoms with Gasteiger partial charge in [0.15, 0.2) is 0 Å². The van der Waals surface area contributed by atoms with Gasteiger partial charge in [-0.3, -0.25) is 4.90 Å². The molecule has 0 unspecified atom stereocenters. The second kappa shape index (κ2) is 4.66. The summed E-state index contributed by atoms with van der Waals surface area (Å²) in [5, 5.41) is 3.29. The van der Waals surface area contributed by atoms with Gasteiger partial charge in [0.1, 0.15) is 0 Å². The highest BCUT2D eigenvalue weighted by atomic mass is 16.5. The van der Waals surface area contributed by atoms with Crippen molar-refractivity contribution in [2.24, 2.45) is 0 Å². The molecule has 1 aliphatic heterocycles. The fourth-order valence-electron chi connectivity index (χ4n) is 1.03. The second-order valence-electron chi connectivity index (χ2n) is 2.49. The van der Waals surface area contributed by atoms with E-state index in [0.717, 1.165) is 39.5 Å². The minimum atomic E-state index is 0.894. The van der Waals surface area contributed by atoms with Gasteiger partial charge in [0.2, 0.25) is 0 Å². The first-order chi connectivity index (χ1) is 4.93. The van der Waals surface area contributed by atoms with Crippen molar-refractivity contribution in [3.8, 4) is 0 Å². The van der Waals surface area contributed by atoms with Gasteiger partial charge in [-0.25, -0.2) is 0 Å². The summed E-state index contributed by atoms with van der Waals surface area (Å²) in [6, 6.07) is 0. The van der Waals surface area contributed by atoms with Crippen LogP contribution in [0.25, 0.3) is 0 Å². The molecular weight excluding hydrogens is 128 g/mol. The molecule has 0 bridgehead atoms. The van der Waals surface area contributed by atoms with Crippen LogP contribution in [0, 0.1) is 0 Å². The van der Waals surface area contributed by atoms with Crippen LogP contribution in [0.1, 0.15) is 6.92 Å². The van der Waals surface area contributed by atoms with Crippen LogP contribution in [0.2, 0.25) is 0 Å². The van der Waals surface area contributed by atoms with Crippen LogP contribution in [0.4, 0.5) is 0 Å². The Morgan fingerprint density at radius 2 is 2.10 bits per heavy atom. The quantitative estimate of drug-likeness (QED) is 0.598. The predicted octanol–water partition coefficient (Wildman–Crippen LogP) is -0.114. The lowest BCUT2D eigenvalue weighted by molar-refractivity contribution is 0.0344. The van der Waals surface area contributed by atoms with E-state index in [4.69, 9.17) is 4.74 Å². The summed E-state index contributed by atoms with van der Waals surface area (Å²) in [4.78, 5) is 2.37. The molecule has 0 spiro atoms. The van der Waals surface area contributed by atoms with Gasteiger partial charge in [0.05, 0.1) is 13.2 Å². The third kappa shape index (κ3) is 2.64. The molecule has 0 radical (unpaired) electrons. The van der Waals surface area contributed by atoms with Crippen molar-refractivity contribution in [2.75, 3.05) is 39.5 Å². The van der Waals surface area contributed by atoms with Gasteiger partial charge in [-0.2, -0.15) is 0 Å². The Bertz CT molecular complexity index is 81.7. The molecule has 1 fully saturated rings. The van der Waals surface area contributed by atoms with Crippen LogP contribution in [0.5, 0.6) is 0 Å². The van der Waals surface area contributed by atoms with Crippen molar-refractivity contribution in [1.82, 2.24) is 10.2 Å². The molecule has 60 valence electrons. The number of rotatable bonds is 3. The van der Waals surface area contributed by atoms with Crippen LogP contribution in [-0.4, -0.2) is 44.4 Å². The van der Waals surface area contributed by atoms with Crippen LogP contribution in [-0.2, 0) is 4.74 Å². The van der Waals surface area contributed by atoms with Gasteiger partial charge in [0.25, 0.3) is 0 Å². The third-order valence-electron chi connectivity index (χ3n) is 1.69. The number of morpholine rings is 1. The van der Waals surface area contributed by atoms with E-state index in [9.17, 15) is 0 Å². The average molecular weight is 144 g/mol. The molecule has 0 saturated carbocycles. The highest BCUT2D eigenvalue weighted by Crippen LogP contribution is 1.93. The minimum Gasteiger partial charge on any atom is -0.379 e. The van der Waals surface area contributed by atoms with Crippen molar-refractivity contribution in [2.45, 2.75) is 6.92 Å². The first-order valence-electron chi connectivity index (χ1n) is 3.94. The van der Waals surface area contributed by atoms with Gasteiger partial charge in [0, 0.05) is 19.8 Å². The maximum Gasteiger partial charge on any atom is 0.0594 e. The monoisotopic (exact) mass is 144 g/mol. The molecule has 0 aromatic carbocycles. The molecule has 0 aromatic heterocycles. The smallest absolute Gasteiger partial charge is 0.0594 e. The summed E-state index contributed by atoms with van der Waals surface area (Å²) in [5.74, 6) is 0. The van der Waals surface area contributed by atoms with Crippen molar-refractivity contribution in [3.63, 3.8) is 0 Å². The van der Waals surface area contributed by atoms with E-state index in [2.05, 4.69) is 17.1 Å². The highest BCUT2D eigenvalue weighted by molar-refractivity contribution is 4.59. The number of nitrogens with one attached hydrogen (secondary N) is 1. The Hall–Kier alpha value is -0.120. The van der Waals surface area contributed by atoms with Gasteiger partial charge in [-0.15, -0.1) is 0 Å². The summed E-state index contributed by atoms with van der Waals surface area (Å²) in [7, 11) is 0. The molecule has 0 amide bonds. The Morgan fingerprint density at radius 3 is 2.70 bits per heavy atom. The van der Waals surface area contributed by atoms with Crippen LogP contribution >= 0.6 is 0 Å². The SMILES string of the molecule is CCNCN1CCOCC1. The maximum absolute atomic E-state index is 5.21. The molecule has 0 aromatic rings. The van der Waals surface area contributed by atoms with Crippen molar-refractivity contribution < 1.29 is 4.74 Å². The molecule has 10 heavy (non-hydrogen) atoms. The number of ether oxygens (including phenoxy) is 1. The minimum absolute atomic E-state index is 0.894. The van der Waals surface area contributed by atoms with Gasteiger partial charge >= 0.3 is 0 Å². The van der Waals surface area contributed by atoms with E-state index >= 15 is 0 Å². The lowest BCUT2D eigenvalue weighted by Crippen LogP contribution is -2.41. The van der Waals surface area contributed by atoms with E-state index in [1.54, 1.807) is 0 Å². The molecule has 1 saturated heterocycles. The summed E-state index contributed by atoms with van der Waals surface area (Å²) >= 11 is 0. The third-order valence-corrected chi connectivity index (χ3v) is 1.69. The van der Waals surface area contributed by atoms with Crippen molar-refractivity contribution >= 4 is 0 Å². The maximum atomic E-state index is 5.21. The Kier molecular flexibility index (Phi) is 3.72. The van der Waals surface area contributed by atoms with E-state index in [-0.39, 0.29) is 0 Å². The first-order valence-corrected chi connectivity index (χ1v) is 3.94. The molecule has 0 atom stereocenters. The fourth-order valence-corrected chi connectivity index (χ4v) is 1.03. The Labute approximate surface area is 62.3 Å². The summed E-state index contributed by atoms with van der Waals surface area (Å²) in [6.45, 7) is 8.13. The normalized spacial score (nSPS) is 21.3. The zero-order valence-electron chi connectivity index (χ0n) is 6.60. The number of nitrogens with zero attached hydrogens (tertiary/aromatic N) is 1. The van der Waals surface area contributed by atoms with Gasteiger partial charge in [-0.1, -0.05) is 6.92 Å². The molecule has 3 heteroatoms. The zero-order chi connectivity index (χ0) is 7.23. The van der Waals surface area contributed by atoms with E-state index in [1.807, 2.05) is 0 Å². The molecular formula is C7H16N2O. The summed E-state index contributed by atoms with van der Waals surface area (Å²) in [6.07, 6.45) is 0. The van der Waals surface area contributed by atoms with Gasteiger partial charge in [-0.05, 0) is 6.54 Å². The summed E-state index contributed by atoms with van der Waals surface area (Å²) in [5.41, 5.74) is 0. The topological polar surface area (TPSA) is 24.5 Å². The Morgan fingerprint density at radius 1 is 1.40 bits per heavy atom. The van der Waals surface area contributed by atoms with E-state index in [1.165, 1.54) is 0 Å². The molecule has 1 rings (SSSR count). The van der Waals surface area contributed by atoms with Crippen LogP contribution in [0.3, 0.4) is 0 Å². The highest BCUT2D eigenvalue weighted by Gasteiger charge is 2.07. The molecule has 3 nitrogen and oxygen atoms in total. The number of hydrogen-bond acceptors (Lipinski definition) is 3. The Balaban J connectivity index is 2.02. The predicted molar refractivity (Wildman–Crippen MR) is 40.9 cm³/mol. The fraction of sp³-hybridized carbons (Fsp3) is 1.00. The zero-order valence-corrected chi connectivity index (χ0v) is 6.60. The summed E-state index contributed by atoms with van der Waals surface area (Å²) < 4.78 is 5.21.